The minimum atomic E-state index is -3.74. The van der Waals surface area contributed by atoms with Crippen LogP contribution in [0.15, 0.2) is 53.4 Å². The molecule has 2 aromatic rings. The minimum absolute atomic E-state index is 0.0805. The summed E-state index contributed by atoms with van der Waals surface area (Å²) in [5.74, 6) is 0.247. The van der Waals surface area contributed by atoms with Crippen LogP contribution in [0.4, 0.5) is 5.69 Å². The number of sulfonamides is 1. The van der Waals surface area contributed by atoms with Gasteiger partial charge in [-0.15, -0.1) is 0 Å². The molecular weight excluding hydrogens is 478 g/mol. The molecule has 1 saturated heterocycles. The Hall–Kier alpha value is -2.91. The molecule has 2 heterocycles. The molecule has 1 N–H and O–H groups in total. The van der Waals surface area contributed by atoms with Crippen molar-refractivity contribution in [2.45, 2.75) is 51.0 Å². The molecule has 0 bridgehead atoms. The number of fused-ring (bicyclic) bond motifs is 1. The number of benzene rings is 2. The van der Waals surface area contributed by atoms with Gasteiger partial charge in [0.25, 0.3) is 5.91 Å². The Kier molecular flexibility index (Phi) is 8.00. The second-order valence-electron chi connectivity index (χ2n) is 10.2. The molecule has 2 aromatic carbocycles. The Morgan fingerprint density at radius 2 is 1.81 bits per heavy atom. The first-order valence-electron chi connectivity index (χ1n) is 12.5. The van der Waals surface area contributed by atoms with Gasteiger partial charge in [0.05, 0.1) is 10.6 Å². The number of aryl methyl sites for hydroxylation is 1. The van der Waals surface area contributed by atoms with Gasteiger partial charge in [0.1, 0.15) is 12.3 Å². The second kappa shape index (κ2) is 11.0. The Morgan fingerprint density at radius 3 is 2.50 bits per heavy atom. The molecule has 2 aliphatic rings. The van der Waals surface area contributed by atoms with E-state index in [9.17, 15) is 18.0 Å². The van der Waals surface area contributed by atoms with Crippen molar-refractivity contribution in [2.75, 3.05) is 31.1 Å². The molecule has 0 spiro atoms. The van der Waals surface area contributed by atoms with Crippen LogP contribution in [-0.2, 0) is 26.0 Å². The number of carbonyl (C=O) groups excluding carboxylic acids is 2. The summed E-state index contributed by atoms with van der Waals surface area (Å²) in [6, 6.07) is 14.5. The maximum Gasteiger partial charge on any atom is 0.265 e. The minimum Gasteiger partial charge on any atom is -0.482 e. The molecule has 1 fully saturated rings. The lowest BCUT2D eigenvalue weighted by Crippen LogP contribution is -2.47. The second-order valence-corrected chi connectivity index (χ2v) is 12.1. The van der Waals surface area contributed by atoms with Crippen LogP contribution in [0.3, 0.4) is 0 Å². The lowest BCUT2D eigenvalue weighted by atomic mass is 9.94. The van der Waals surface area contributed by atoms with E-state index in [2.05, 4.69) is 31.3 Å². The number of amides is 2. The first kappa shape index (κ1) is 26.2. The molecule has 9 heteroatoms. The molecule has 0 radical (unpaired) electrons. The molecule has 36 heavy (non-hydrogen) atoms. The van der Waals surface area contributed by atoms with Gasteiger partial charge in [-0.05, 0) is 61.8 Å². The van der Waals surface area contributed by atoms with Crippen molar-refractivity contribution in [1.29, 1.82) is 0 Å². The van der Waals surface area contributed by atoms with Gasteiger partial charge in [-0.2, -0.15) is 4.31 Å². The molecule has 0 unspecified atom stereocenters. The van der Waals surface area contributed by atoms with E-state index in [1.165, 1.54) is 26.9 Å². The monoisotopic (exact) mass is 513 g/mol. The Balaban J connectivity index is 1.47. The summed E-state index contributed by atoms with van der Waals surface area (Å²) in [5, 5.41) is 2.95. The Bertz CT molecular complexity index is 1190. The number of carbonyl (C=O) groups is 2. The van der Waals surface area contributed by atoms with Crippen molar-refractivity contribution in [3.05, 3.63) is 54.1 Å². The quantitative estimate of drug-likeness (QED) is 0.585. The highest BCUT2D eigenvalue weighted by atomic mass is 32.2. The molecule has 8 nitrogen and oxygen atoms in total. The number of ether oxygens (including phenoxy) is 1. The van der Waals surface area contributed by atoms with Gasteiger partial charge in [0, 0.05) is 19.1 Å². The smallest absolute Gasteiger partial charge is 0.265 e. The van der Waals surface area contributed by atoms with Gasteiger partial charge in [0.2, 0.25) is 15.9 Å². The van der Waals surface area contributed by atoms with Gasteiger partial charge in [-0.1, -0.05) is 44.2 Å². The van der Waals surface area contributed by atoms with Crippen molar-refractivity contribution in [1.82, 2.24) is 9.62 Å². The lowest BCUT2D eigenvalue weighted by molar-refractivity contribution is -0.125. The summed E-state index contributed by atoms with van der Waals surface area (Å²) < 4.78 is 33.9. The third-order valence-electron chi connectivity index (χ3n) is 6.76. The van der Waals surface area contributed by atoms with Crippen LogP contribution >= 0.6 is 0 Å². The number of piperidine rings is 1. The van der Waals surface area contributed by atoms with E-state index < -0.39 is 10.0 Å². The zero-order chi connectivity index (χ0) is 25.9. The third-order valence-corrected chi connectivity index (χ3v) is 8.59. The van der Waals surface area contributed by atoms with Crippen LogP contribution in [0, 0.1) is 11.8 Å². The zero-order valence-electron chi connectivity index (χ0n) is 21.1. The van der Waals surface area contributed by atoms with Crippen molar-refractivity contribution in [3.8, 4) is 5.75 Å². The number of nitrogens with zero attached hydrogens (tertiary/aromatic N) is 2. The first-order chi connectivity index (χ1) is 17.1. The van der Waals surface area contributed by atoms with Gasteiger partial charge < -0.3 is 10.1 Å². The van der Waals surface area contributed by atoms with Gasteiger partial charge in [-0.25, -0.2) is 8.42 Å². The molecular formula is C27H35N3O5S. The molecule has 2 aliphatic heterocycles. The molecule has 194 valence electrons. The maximum atomic E-state index is 13.4. The zero-order valence-corrected chi connectivity index (χ0v) is 22.0. The predicted octanol–water partition coefficient (Wildman–Crippen LogP) is 3.22. The maximum absolute atomic E-state index is 13.4. The number of anilines is 1. The van der Waals surface area contributed by atoms with Crippen LogP contribution in [-0.4, -0.2) is 56.8 Å². The summed E-state index contributed by atoms with van der Waals surface area (Å²) >= 11 is 0. The normalized spacial score (nSPS) is 21.4. The number of nitrogens with one attached hydrogen (secondary N) is 1. The van der Waals surface area contributed by atoms with Crippen LogP contribution in [0.2, 0.25) is 0 Å². The Morgan fingerprint density at radius 1 is 1.11 bits per heavy atom. The number of rotatable bonds is 8. The SMILES string of the molecule is C[C@@H]1C[C@@H](C)CN(S(=O)(=O)c2ccc3c(c2)N(CC(=O)N[C@H](C)CCc2ccccc2)C(=O)CO3)C1. The highest BCUT2D eigenvalue weighted by molar-refractivity contribution is 7.89. The summed E-state index contributed by atoms with van der Waals surface area (Å²) in [7, 11) is -3.74. The highest BCUT2D eigenvalue weighted by Crippen LogP contribution is 2.36. The lowest BCUT2D eigenvalue weighted by Gasteiger charge is -2.34. The first-order valence-corrected chi connectivity index (χ1v) is 14.0. The van der Waals surface area contributed by atoms with Crippen LogP contribution in [0.5, 0.6) is 5.75 Å². The van der Waals surface area contributed by atoms with E-state index in [0.717, 1.165) is 19.3 Å². The van der Waals surface area contributed by atoms with Crippen molar-refractivity contribution in [2.24, 2.45) is 11.8 Å². The molecule has 0 aliphatic carbocycles. The summed E-state index contributed by atoms with van der Waals surface area (Å²) in [4.78, 5) is 26.9. The van der Waals surface area contributed by atoms with Crippen molar-refractivity contribution < 1.29 is 22.7 Å². The van der Waals surface area contributed by atoms with E-state index in [0.29, 0.717) is 24.5 Å². The van der Waals surface area contributed by atoms with E-state index in [1.807, 2.05) is 25.1 Å². The van der Waals surface area contributed by atoms with E-state index >= 15 is 0 Å². The fraction of sp³-hybridized carbons (Fsp3) is 0.481. The highest BCUT2D eigenvalue weighted by Gasteiger charge is 2.34. The van der Waals surface area contributed by atoms with Gasteiger partial charge >= 0.3 is 0 Å². The molecule has 0 saturated carbocycles. The van der Waals surface area contributed by atoms with E-state index in [1.54, 1.807) is 6.07 Å². The van der Waals surface area contributed by atoms with Crippen LogP contribution < -0.4 is 15.0 Å². The summed E-state index contributed by atoms with van der Waals surface area (Å²) in [6.45, 7) is 6.57. The van der Waals surface area contributed by atoms with Crippen molar-refractivity contribution >= 4 is 27.5 Å². The van der Waals surface area contributed by atoms with E-state index in [4.69, 9.17) is 4.74 Å². The average Bonchev–Trinajstić information content (AvgIpc) is 2.84. The molecule has 2 amide bonds. The predicted molar refractivity (Wildman–Crippen MR) is 138 cm³/mol. The largest absolute Gasteiger partial charge is 0.482 e. The fourth-order valence-electron chi connectivity index (χ4n) is 5.03. The van der Waals surface area contributed by atoms with Crippen LogP contribution in [0.1, 0.15) is 39.2 Å². The van der Waals surface area contributed by atoms with Crippen molar-refractivity contribution in [3.63, 3.8) is 0 Å². The van der Waals surface area contributed by atoms with Crippen LogP contribution in [0.25, 0.3) is 0 Å². The molecule has 0 aromatic heterocycles. The van der Waals surface area contributed by atoms with Gasteiger partial charge in [0.15, 0.2) is 6.61 Å². The molecule has 3 atom stereocenters. The summed E-state index contributed by atoms with van der Waals surface area (Å²) in [6.07, 6.45) is 2.58. The number of hydrogen-bond donors (Lipinski definition) is 1. The molecule has 4 rings (SSSR count). The Labute approximate surface area is 213 Å². The summed E-state index contributed by atoms with van der Waals surface area (Å²) in [5.41, 5.74) is 1.50. The number of hydrogen-bond acceptors (Lipinski definition) is 5. The topological polar surface area (TPSA) is 96.0 Å². The fourth-order valence-corrected chi connectivity index (χ4v) is 6.73. The average molecular weight is 514 g/mol. The van der Waals surface area contributed by atoms with E-state index in [-0.39, 0.29) is 47.7 Å². The third kappa shape index (κ3) is 6.07. The van der Waals surface area contributed by atoms with Gasteiger partial charge in [-0.3, -0.25) is 14.5 Å². The standard InChI is InChI=1S/C27H35N3O5S/c1-19-13-20(2)16-29(15-19)36(33,34)23-11-12-25-24(14-23)30(27(32)18-35-25)17-26(31)28-21(3)9-10-22-7-5-4-6-8-22/h4-8,11-12,14,19-21H,9-10,13,15-18H2,1-3H3,(H,28,31)/t19-,20-,21-/m1/s1.